The van der Waals surface area contributed by atoms with Crippen molar-refractivity contribution in [3.05, 3.63) is 0 Å². The molecule has 0 aromatic heterocycles. The maximum absolute atomic E-state index is 12.4. The molecule has 0 rings (SSSR count). The van der Waals surface area contributed by atoms with Crippen LogP contribution in [-0.2, 0) is 19.1 Å². The molecule has 0 saturated heterocycles. The summed E-state index contributed by atoms with van der Waals surface area (Å²) in [6.45, 7) is 12.0. The number of carbonyl (C=O) groups excluding carboxylic acids is 2. The highest BCUT2D eigenvalue weighted by Crippen LogP contribution is 2.37. The minimum absolute atomic E-state index is 0.148. The van der Waals surface area contributed by atoms with Gasteiger partial charge in [-0.25, -0.2) is 0 Å². The molecule has 0 radical (unpaired) electrons. The van der Waals surface area contributed by atoms with Gasteiger partial charge in [-0.3, -0.25) is 9.59 Å². The maximum Gasteiger partial charge on any atom is 0.323 e. The van der Waals surface area contributed by atoms with E-state index in [9.17, 15) is 9.59 Å². The molecular weight excluding hydrogens is 256 g/mol. The summed E-state index contributed by atoms with van der Waals surface area (Å²) in [5.41, 5.74) is -1.17. The maximum atomic E-state index is 12.4. The molecule has 118 valence electrons. The van der Waals surface area contributed by atoms with Gasteiger partial charge >= 0.3 is 11.9 Å². The smallest absolute Gasteiger partial charge is 0.323 e. The van der Waals surface area contributed by atoms with Crippen LogP contribution >= 0.6 is 0 Å². The van der Waals surface area contributed by atoms with Gasteiger partial charge in [-0.2, -0.15) is 0 Å². The third-order valence-corrected chi connectivity index (χ3v) is 3.99. The van der Waals surface area contributed by atoms with Gasteiger partial charge in [0.25, 0.3) is 0 Å². The first-order valence-electron chi connectivity index (χ1n) is 7.71. The molecule has 0 heterocycles. The molecule has 0 fully saturated rings. The van der Waals surface area contributed by atoms with Gasteiger partial charge in [0.1, 0.15) is 0 Å². The van der Waals surface area contributed by atoms with Gasteiger partial charge < -0.3 is 9.47 Å². The molecule has 1 atom stereocenters. The van der Waals surface area contributed by atoms with Crippen molar-refractivity contribution < 1.29 is 19.1 Å². The van der Waals surface area contributed by atoms with Crippen LogP contribution in [0.3, 0.4) is 0 Å². The van der Waals surface area contributed by atoms with Crippen molar-refractivity contribution in [1.82, 2.24) is 0 Å². The van der Waals surface area contributed by atoms with E-state index in [0.717, 1.165) is 12.8 Å². The van der Waals surface area contributed by atoms with Gasteiger partial charge in [0, 0.05) is 0 Å². The summed E-state index contributed by atoms with van der Waals surface area (Å²) in [6.07, 6.45) is 2.32. The zero-order valence-electron chi connectivity index (χ0n) is 13.8. The van der Waals surface area contributed by atoms with Crippen molar-refractivity contribution in [3.63, 3.8) is 0 Å². The number of hydrogen-bond donors (Lipinski definition) is 0. The van der Waals surface area contributed by atoms with E-state index >= 15 is 0 Å². The van der Waals surface area contributed by atoms with E-state index in [0.29, 0.717) is 12.3 Å². The highest BCUT2D eigenvalue weighted by atomic mass is 16.6. The van der Waals surface area contributed by atoms with Crippen molar-refractivity contribution in [3.8, 4) is 0 Å². The number of esters is 2. The molecule has 0 aliphatic carbocycles. The summed E-state index contributed by atoms with van der Waals surface area (Å²) in [4.78, 5) is 24.8. The lowest BCUT2D eigenvalue weighted by Gasteiger charge is -2.33. The molecule has 4 nitrogen and oxygen atoms in total. The molecule has 0 bridgehead atoms. The second-order valence-electron chi connectivity index (χ2n) is 5.62. The summed E-state index contributed by atoms with van der Waals surface area (Å²) in [5, 5.41) is 0. The van der Waals surface area contributed by atoms with E-state index in [2.05, 4.69) is 13.8 Å². The highest BCUT2D eigenvalue weighted by molar-refractivity contribution is 6.00. The van der Waals surface area contributed by atoms with Gasteiger partial charge in [-0.1, -0.05) is 34.1 Å². The van der Waals surface area contributed by atoms with Crippen molar-refractivity contribution in [2.24, 2.45) is 17.3 Å². The van der Waals surface area contributed by atoms with Crippen molar-refractivity contribution in [2.45, 2.75) is 60.8 Å². The lowest BCUT2D eigenvalue weighted by atomic mass is 9.72. The van der Waals surface area contributed by atoms with Crippen LogP contribution in [0, 0.1) is 17.3 Å². The van der Waals surface area contributed by atoms with Crippen LogP contribution in [0.2, 0.25) is 0 Å². The van der Waals surface area contributed by atoms with Crippen molar-refractivity contribution in [2.75, 3.05) is 13.2 Å². The Morgan fingerprint density at radius 1 is 0.950 bits per heavy atom. The third-order valence-electron chi connectivity index (χ3n) is 3.99. The Labute approximate surface area is 123 Å². The van der Waals surface area contributed by atoms with E-state index in [1.807, 2.05) is 13.8 Å². The molecule has 0 amide bonds. The normalized spacial score (nSPS) is 13.2. The zero-order chi connectivity index (χ0) is 15.8. The van der Waals surface area contributed by atoms with E-state index in [1.165, 1.54) is 0 Å². The standard InChI is InChI=1S/C16H30O4/c1-7-13(6)10-11-16(12(4)5,14(17)19-8-2)15(18)20-9-3/h12-13H,7-11H2,1-6H3. The zero-order valence-corrected chi connectivity index (χ0v) is 13.8. The van der Waals surface area contributed by atoms with Gasteiger partial charge in [0.15, 0.2) is 5.41 Å². The molecule has 0 aromatic rings. The lowest BCUT2D eigenvalue weighted by molar-refractivity contribution is -0.177. The second kappa shape index (κ2) is 8.98. The number of rotatable bonds is 9. The van der Waals surface area contributed by atoms with Crippen LogP contribution in [0.15, 0.2) is 0 Å². The van der Waals surface area contributed by atoms with Gasteiger partial charge in [-0.15, -0.1) is 0 Å². The highest BCUT2D eigenvalue weighted by Gasteiger charge is 2.51. The monoisotopic (exact) mass is 286 g/mol. The SMILES string of the molecule is CCOC(=O)C(CCC(C)CC)(C(=O)OCC)C(C)C. The van der Waals surface area contributed by atoms with Crippen molar-refractivity contribution in [1.29, 1.82) is 0 Å². The van der Waals surface area contributed by atoms with Crippen LogP contribution in [0.25, 0.3) is 0 Å². The molecule has 4 heteroatoms. The average Bonchev–Trinajstić information content (AvgIpc) is 2.39. The molecule has 0 aliphatic rings. The summed E-state index contributed by atoms with van der Waals surface area (Å²) in [5.74, 6) is -0.574. The summed E-state index contributed by atoms with van der Waals surface area (Å²) < 4.78 is 10.3. The molecule has 1 unspecified atom stereocenters. The summed E-state index contributed by atoms with van der Waals surface area (Å²) in [6, 6.07) is 0. The lowest BCUT2D eigenvalue weighted by Crippen LogP contribution is -2.46. The van der Waals surface area contributed by atoms with Crippen LogP contribution in [0.4, 0.5) is 0 Å². The van der Waals surface area contributed by atoms with E-state index in [4.69, 9.17) is 9.47 Å². The Bertz CT molecular complexity index is 292. The van der Waals surface area contributed by atoms with E-state index in [1.54, 1.807) is 13.8 Å². The number of ether oxygens (including phenoxy) is 2. The first kappa shape index (κ1) is 18.9. The van der Waals surface area contributed by atoms with Gasteiger partial charge in [-0.05, 0) is 38.5 Å². The van der Waals surface area contributed by atoms with Crippen molar-refractivity contribution >= 4 is 11.9 Å². The summed E-state index contributed by atoms with van der Waals surface area (Å²) >= 11 is 0. The fraction of sp³-hybridized carbons (Fsp3) is 0.875. The quantitative estimate of drug-likeness (QED) is 0.480. The Kier molecular flexibility index (Phi) is 8.51. The van der Waals surface area contributed by atoms with Crippen LogP contribution < -0.4 is 0 Å². The molecule has 0 aliphatic heterocycles. The predicted molar refractivity (Wildman–Crippen MR) is 79.2 cm³/mol. The predicted octanol–water partition coefficient (Wildman–Crippen LogP) is 3.58. The number of hydrogen-bond acceptors (Lipinski definition) is 4. The molecule has 0 spiro atoms. The number of carbonyl (C=O) groups is 2. The van der Waals surface area contributed by atoms with Crippen LogP contribution in [-0.4, -0.2) is 25.2 Å². The van der Waals surface area contributed by atoms with Crippen LogP contribution in [0.1, 0.15) is 60.8 Å². The fourth-order valence-electron chi connectivity index (χ4n) is 2.25. The Hall–Kier alpha value is -1.06. The molecule has 0 aromatic carbocycles. The fourth-order valence-corrected chi connectivity index (χ4v) is 2.25. The second-order valence-corrected chi connectivity index (χ2v) is 5.62. The molecule has 0 N–H and O–H groups in total. The Morgan fingerprint density at radius 3 is 1.70 bits per heavy atom. The average molecular weight is 286 g/mol. The topological polar surface area (TPSA) is 52.6 Å². The Balaban J connectivity index is 5.33. The first-order valence-corrected chi connectivity index (χ1v) is 7.71. The van der Waals surface area contributed by atoms with Gasteiger partial charge in [0.05, 0.1) is 13.2 Å². The van der Waals surface area contributed by atoms with E-state index in [-0.39, 0.29) is 19.1 Å². The molecule has 20 heavy (non-hydrogen) atoms. The largest absolute Gasteiger partial charge is 0.465 e. The summed E-state index contributed by atoms with van der Waals surface area (Å²) in [7, 11) is 0. The molecular formula is C16H30O4. The Morgan fingerprint density at radius 2 is 1.40 bits per heavy atom. The van der Waals surface area contributed by atoms with Crippen LogP contribution in [0.5, 0.6) is 0 Å². The van der Waals surface area contributed by atoms with E-state index < -0.39 is 17.4 Å². The van der Waals surface area contributed by atoms with Gasteiger partial charge in [0.2, 0.25) is 0 Å². The molecule has 0 saturated carbocycles. The first-order chi connectivity index (χ1) is 9.36. The minimum Gasteiger partial charge on any atom is -0.465 e. The third kappa shape index (κ3) is 4.50. The minimum atomic E-state index is -1.17.